The lowest BCUT2D eigenvalue weighted by Crippen LogP contribution is -2.32. The number of ketones is 1. The summed E-state index contributed by atoms with van der Waals surface area (Å²) in [6, 6.07) is 6.03. The first-order valence-electron chi connectivity index (χ1n) is 8.83. The maximum Gasteiger partial charge on any atom is 0.220 e. The normalized spacial score (nSPS) is 13.4. The van der Waals surface area contributed by atoms with E-state index in [9.17, 15) is 9.59 Å². The molecule has 0 fully saturated rings. The van der Waals surface area contributed by atoms with Gasteiger partial charge in [0, 0.05) is 31.5 Å². The zero-order chi connectivity index (χ0) is 16.5. The maximum atomic E-state index is 12.3. The first-order valence-corrected chi connectivity index (χ1v) is 8.83. The summed E-state index contributed by atoms with van der Waals surface area (Å²) in [4.78, 5) is 24.0. The number of hydrogen-bond acceptors (Lipinski definition) is 3. The Labute approximate surface area is 139 Å². The van der Waals surface area contributed by atoms with E-state index < -0.39 is 0 Å². The molecule has 0 aromatic heterocycles. The molecule has 4 nitrogen and oxygen atoms in total. The second kappa shape index (κ2) is 9.46. The van der Waals surface area contributed by atoms with Crippen LogP contribution in [0.1, 0.15) is 60.5 Å². The molecule has 1 amide bonds. The zero-order valence-electron chi connectivity index (χ0n) is 14.1. The third kappa shape index (κ3) is 5.79. The van der Waals surface area contributed by atoms with Crippen molar-refractivity contribution in [3.05, 3.63) is 34.9 Å². The van der Waals surface area contributed by atoms with E-state index in [1.54, 1.807) is 0 Å². The third-order valence-corrected chi connectivity index (χ3v) is 4.30. The SMILES string of the molecule is CCCNCCNC(=O)CCC(=O)c1ccc2c(c1)CCCC2. The number of rotatable bonds is 9. The smallest absolute Gasteiger partial charge is 0.220 e. The molecule has 2 rings (SSSR count). The lowest BCUT2D eigenvalue weighted by atomic mass is 9.89. The van der Waals surface area contributed by atoms with Crippen LogP contribution in [0.15, 0.2) is 18.2 Å². The fourth-order valence-electron chi connectivity index (χ4n) is 2.96. The molecular formula is C19H28N2O2. The van der Waals surface area contributed by atoms with E-state index in [1.165, 1.54) is 24.0 Å². The van der Waals surface area contributed by atoms with Gasteiger partial charge in [-0.15, -0.1) is 0 Å². The minimum absolute atomic E-state index is 0.0467. The van der Waals surface area contributed by atoms with Gasteiger partial charge in [0.05, 0.1) is 0 Å². The van der Waals surface area contributed by atoms with Crippen LogP contribution in [0.5, 0.6) is 0 Å². The quantitative estimate of drug-likeness (QED) is 0.544. The second-order valence-corrected chi connectivity index (χ2v) is 6.21. The van der Waals surface area contributed by atoms with Crippen LogP contribution in [0.3, 0.4) is 0 Å². The van der Waals surface area contributed by atoms with Gasteiger partial charge in [-0.1, -0.05) is 19.1 Å². The van der Waals surface area contributed by atoms with Crippen molar-refractivity contribution in [3.8, 4) is 0 Å². The van der Waals surface area contributed by atoms with Crippen molar-refractivity contribution in [2.45, 2.75) is 51.9 Å². The molecule has 0 atom stereocenters. The molecule has 0 bridgehead atoms. The molecule has 0 saturated heterocycles. The average molecular weight is 316 g/mol. The predicted molar refractivity (Wildman–Crippen MR) is 92.8 cm³/mol. The van der Waals surface area contributed by atoms with Crippen LogP contribution < -0.4 is 10.6 Å². The number of carbonyl (C=O) groups excluding carboxylic acids is 2. The highest BCUT2D eigenvalue weighted by Crippen LogP contribution is 2.22. The van der Waals surface area contributed by atoms with Crippen molar-refractivity contribution < 1.29 is 9.59 Å². The Kier molecular flexibility index (Phi) is 7.27. The summed E-state index contributed by atoms with van der Waals surface area (Å²) in [7, 11) is 0. The Morgan fingerprint density at radius 3 is 2.57 bits per heavy atom. The van der Waals surface area contributed by atoms with Gasteiger partial charge >= 0.3 is 0 Å². The van der Waals surface area contributed by atoms with Crippen LogP contribution in [0.2, 0.25) is 0 Å². The highest BCUT2D eigenvalue weighted by molar-refractivity contribution is 5.98. The predicted octanol–water partition coefficient (Wildman–Crippen LogP) is 2.64. The van der Waals surface area contributed by atoms with Gasteiger partial charge in [0.25, 0.3) is 0 Å². The Morgan fingerprint density at radius 1 is 1.00 bits per heavy atom. The molecule has 0 aliphatic heterocycles. The van der Waals surface area contributed by atoms with Gasteiger partial charge in [-0.2, -0.15) is 0 Å². The summed E-state index contributed by atoms with van der Waals surface area (Å²) >= 11 is 0. The van der Waals surface area contributed by atoms with Gasteiger partial charge in [0.2, 0.25) is 5.91 Å². The molecule has 2 N–H and O–H groups in total. The number of hydrogen-bond donors (Lipinski definition) is 2. The molecule has 1 aromatic carbocycles. The van der Waals surface area contributed by atoms with Crippen LogP contribution >= 0.6 is 0 Å². The lowest BCUT2D eigenvalue weighted by Gasteiger charge is -2.16. The van der Waals surface area contributed by atoms with Crippen LogP contribution in [0, 0.1) is 0 Å². The minimum Gasteiger partial charge on any atom is -0.355 e. The number of amides is 1. The Bertz CT molecular complexity index is 540. The number of Topliss-reactive ketones (excluding diaryl/α,β-unsaturated/α-hetero) is 1. The first kappa shape index (κ1) is 17.7. The molecule has 1 aliphatic carbocycles. The largest absolute Gasteiger partial charge is 0.355 e. The number of benzene rings is 1. The van der Waals surface area contributed by atoms with Gasteiger partial charge in [0.15, 0.2) is 5.78 Å². The summed E-state index contributed by atoms with van der Waals surface area (Å²) in [6.07, 6.45) is 6.28. The van der Waals surface area contributed by atoms with E-state index in [4.69, 9.17) is 0 Å². The average Bonchev–Trinajstić information content (AvgIpc) is 2.59. The van der Waals surface area contributed by atoms with Gasteiger partial charge in [0.1, 0.15) is 0 Å². The van der Waals surface area contributed by atoms with Crippen molar-refractivity contribution in [3.63, 3.8) is 0 Å². The highest BCUT2D eigenvalue weighted by Gasteiger charge is 2.13. The van der Waals surface area contributed by atoms with E-state index in [1.807, 2.05) is 12.1 Å². The van der Waals surface area contributed by atoms with Gasteiger partial charge in [-0.3, -0.25) is 9.59 Å². The van der Waals surface area contributed by atoms with Gasteiger partial charge < -0.3 is 10.6 Å². The van der Waals surface area contributed by atoms with E-state index in [0.29, 0.717) is 6.54 Å². The topological polar surface area (TPSA) is 58.2 Å². The van der Waals surface area contributed by atoms with Crippen LogP contribution in [0.4, 0.5) is 0 Å². The number of carbonyl (C=O) groups is 2. The molecule has 1 aromatic rings. The van der Waals surface area contributed by atoms with E-state index >= 15 is 0 Å². The lowest BCUT2D eigenvalue weighted by molar-refractivity contribution is -0.121. The summed E-state index contributed by atoms with van der Waals surface area (Å²) in [5, 5.41) is 6.07. The molecular weight excluding hydrogens is 288 g/mol. The van der Waals surface area contributed by atoms with Crippen molar-refractivity contribution >= 4 is 11.7 Å². The molecule has 0 radical (unpaired) electrons. The maximum absolute atomic E-state index is 12.3. The van der Waals surface area contributed by atoms with E-state index in [0.717, 1.165) is 37.9 Å². The summed E-state index contributed by atoms with van der Waals surface area (Å²) in [5.74, 6) is 0.0206. The molecule has 1 aliphatic rings. The van der Waals surface area contributed by atoms with Crippen molar-refractivity contribution in [1.29, 1.82) is 0 Å². The van der Waals surface area contributed by atoms with Crippen LogP contribution in [-0.4, -0.2) is 31.3 Å². The van der Waals surface area contributed by atoms with Gasteiger partial charge in [-0.25, -0.2) is 0 Å². The molecule has 126 valence electrons. The van der Waals surface area contributed by atoms with Crippen molar-refractivity contribution in [1.82, 2.24) is 10.6 Å². The van der Waals surface area contributed by atoms with Crippen molar-refractivity contribution in [2.75, 3.05) is 19.6 Å². The van der Waals surface area contributed by atoms with Gasteiger partial charge in [-0.05, 0) is 55.8 Å². The standard InChI is InChI=1S/C19H28N2O2/c1-2-11-20-12-13-21-19(23)10-9-18(22)17-8-7-15-5-3-4-6-16(15)14-17/h7-8,14,20H,2-6,9-13H2,1H3,(H,21,23). The summed E-state index contributed by atoms with van der Waals surface area (Å²) in [5.41, 5.74) is 3.45. The Balaban J connectivity index is 1.73. The Hall–Kier alpha value is -1.68. The van der Waals surface area contributed by atoms with Crippen LogP contribution in [-0.2, 0) is 17.6 Å². The third-order valence-electron chi connectivity index (χ3n) is 4.30. The molecule has 0 saturated carbocycles. The second-order valence-electron chi connectivity index (χ2n) is 6.21. The number of aryl methyl sites for hydroxylation is 2. The van der Waals surface area contributed by atoms with E-state index in [-0.39, 0.29) is 24.5 Å². The molecule has 23 heavy (non-hydrogen) atoms. The molecule has 4 heteroatoms. The van der Waals surface area contributed by atoms with Crippen LogP contribution in [0.25, 0.3) is 0 Å². The van der Waals surface area contributed by atoms with Crippen molar-refractivity contribution in [2.24, 2.45) is 0 Å². The number of fused-ring (bicyclic) bond motifs is 1. The zero-order valence-corrected chi connectivity index (χ0v) is 14.1. The monoisotopic (exact) mass is 316 g/mol. The Morgan fingerprint density at radius 2 is 1.78 bits per heavy atom. The number of nitrogens with one attached hydrogen (secondary N) is 2. The fraction of sp³-hybridized carbons (Fsp3) is 0.579. The highest BCUT2D eigenvalue weighted by atomic mass is 16.2. The minimum atomic E-state index is -0.0467. The fourth-order valence-corrected chi connectivity index (χ4v) is 2.96. The summed E-state index contributed by atoms with van der Waals surface area (Å²) < 4.78 is 0. The summed E-state index contributed by atoms with van der Waals surface area (Å²) in [6.45, 7) is 4.47. The molecule has 0 unspecified atom stereocenters. The first-order chi connectivity index (χ1) is 11.2. The molecule has 0 heterocycles. The van der Waals surface area contributed by atoms with E-state index in [2.05, 4.69) is 23.6 Å². The molecule has 0 spiro atoms.